The second kappa shape index (κ2) is 6.28. The topological polar surface area (TPSA) is 53.6 Å². The Hall–Kier alpha value is -1.20. The van der Waals surface area contributed by atoms with Crippen LogP contribution >= 0.6 is 11.3 Å². The molecule has 2 heterocycles. The first-order chi connectivity index (χ1) is 10.2. The molecule has 0 saturated carbocycles. The Balaban J connectivity index is 1.66. The van der Waals surface area contributed by atoms with Crippen LogP contribution in [0.25, 0.3) is 0 Å². The molecule has 0 aromatic carbocycles. The van der Waals surface area contributed by atoms with Gasteiger partial charge in [0.1, 0.15) is 0 Å². The first kappa shape index (κ1) is 14.7. The molecule has 2 atom stereocenters. The molecule has 2 N–H and O–H groups in total. The molecule has 114 valence electrons. The first-order valence-electron chi connectivity index (χ1n) is 7.91. The number of hydrogen-bond donors (Lipinski definition) is 2. The minimum atomic E-state index is 0.427. The van der Waals surface area contributed by atoms with Gasteiger partial charge in [-0.05, 0) is 45.6 Å². The molecule has 5 heteroatoms. The van der Waals surface area contributed by atoms with Crippen LogP contribution in [0.1, 0.15) is 59.7 Å². The Bertz CT molecular complexity index is 601. The van der Waals surface area contributed by atoms with E-state index in [-0.39, 0.29) is 0 Å². The Morgan fingerprint density at radius 3 is 3.10 bits per heavy atom. The molecule has 1 aliphatic rings. The predicted molar refractivity (Wildman–Crippen MR) is 86.8 cm³/mol. The van der Waals surface area contributed by atoms with Gasteiger partial charge in [-0.1, -0.05) is 6.92 Å². The average molecular weight is 304 g/mol. The molecule has 0 bridgehead atoms. The normalized spacial score (nSPS) is 19.5. The van der Waals surface area contributed by atoms with Crippen molar-refractivity contribution < 1.29 is 0 Å². The lowest BCUT2D eigenvalue weighted by molar-refractivity contribution is 0.409. The molecule has 0 saturated heterocycles. The van der Waals surface area contributed by atoms with Crippen molar-refractivity contribution in [2.24, 2.45) is 0 Å². The summed E-state index contributed by atoms with van der Waals surface area (Å²) in [4.78, 5) is 6.25. The van der Waals surface area contributed by atoms with Crippen molar-refractivity contribution >= 4 is 11.3 Å². The fourth-order valence-electron chi connectivity index (χ4n) is 3.08. The van der Waals surface area contributed by atoms with Crippen molar-refractivity contribution in [3.8, 4) is 0 Å². The van der Waals surface area contributed by atoms with Crippen LogP contribution in [0.2, 0.25) is 0 Å². The zero-order valence-corrected chi connectivity index (χ0v) is 13.9. The molecule has 0 aliphatic heterocycles. The quantitative estimate of drug-likeness (QED) is 0.891. The standard InChI is InChI=1S/C16H24N4S/c1-4-15-18-14-7-5-6-13(16(14)21-15)17-10(2)8-12-9-11(3)19-20-12/h9-10,13,17H,4-8H2,1-3H3,(H,19,20)/t10-,13+/m1/s1. The largest absolute Gasteiger partial charge is 0.306 e. The third-order valence-corrected chi connectivity index (χ3v) is 5.41. The van der Waals surface area contributed by atoms with Crippen LogP contribution in [0.3, 0.4) is 0 Å². The van der Waals surface area contributed by atoms with Gasteiger partial charge in [0.25, 0.3) is 0 Å². The van der Waals surface area contributed by atoms with Crippen molar-refractivity contribution in [3.63, 3.8) is 0 Å². The Morgan fingerprint density at radius 1 is 1.52 bits per heavy atom. The summed E-state index contributed by atoms with van der Waals surface area (Å²) < 4.78 is 0. The number of H-pyrrole nitrogens is 1. The predicted octanol–water partition coefficient (Wildman–Crippen LogP) is 3.34. The second-order valence-corrected chi connectivity index (χ2v) is 7.15. The van der Waals surface area contributed by atoms with Gasteiger partial charge in [-0.15, -0.1) is 11.3 Å². The number of fused-ring (bicyclic) bond motifs is 1. The van der Waals surface area contributed by atoms with Gasteiger partial charge in [0.2, 0.25) is 0 Å². The molecule has 0 unspecified atom stereocenters. The van der Waals surface area contributed by atoms with Crippen LogP contribution in [0.4, 0.5) is 0 Å². The van der Waals surface area contributed by atoms with E-state index < -0.39 is 0 Å². The summed E-state index contributed by atoms with van der Waals surface area (Å²) in [6.45, 7) is 6.49. The molecule has 0 spiro atoms. The lowest BCUT2D eigenvalue weighted by Crippen LogP contribution is -2.33. The van der Waals surface area contributed by atoms with Crippen molar-refractivity contribution in [1.82, 2.24) is 20.5 Å². The molecule has 0 radical (unpaired) electrons. The SMILES string of the molecule is CCc1nc2c(s1)[C@@H](N[C@H](C)Cc1cc(C)[nH]n1)CCC2. The second-order valence-electron chi connectivity index (χ2n) is 6.03. The van der Waals surface area contributed by atoms with Crippen LogP contribution < -0.4 is 5.32 Å². The van der Waals surface area contributed by atoms with Crippen LogP contribution in [-0.4, -0.2) is 21.2 Å². The summed E-state index contributed by atoms with van der Waals surface area (Å²) >= 11 is 1.90. The molecule has 1 aliphatic carbocycles. The van der Waals surface area contributed by atoms with E-state index in [1.165, 1.54) is 28.4 Å². The fraction of sp³-hybridized carbons (Fsp3) is 0.625. The van der Waals surface area contributed by atoms with Crippen LogP contribution in [-0.2, 0) is 19.3 Å². The zero-order chi connectivity index (χ0) is 14.8. The highest BCUT2D eigenvalue weighted by Gasteiger charge is 2.25. The molecular weight excluding hydrogens is 280 g/mol. The minimum Gasteiger partial charge on any atom is -0.306 e. The van der Waals surface area contributed by atoms with E-state index >= 15 is 0 Å². The molecule has 2 aromatic heterocycles. The van der Waals surface area contributed by atoms with E-state index in [1.807, 2.05) is 18.3 Å². The molecule has 0 amide bonds. The van der Waals surface area contributed by atoms with Crippen molar-refractivity contribution in [1.29, 1.82) is 0 Å². The number of aryl methyl sites for hydroxylation is 3. The highest BCUT2D eigenvalue weighted by atomic mass is 32.1. The van der Waals surface area contributed by atoms with Gasteiger partial charge in [-0.3, -0.25) is 5.10 Å². The number of rotatable bonds is 5. The zero-order valence-electron chi connectivity index (χ0n) is 13.1. The lowest BCUT2D eigenvalue weighted by atomic mass is 9.97. The van der Waals surface area contributed by atoms with Gasteiger partial charge in [-0.25, -0.2) is 4.98 Å². The maximum atomic E-state index is 4.78. The Labute approximate surface area is 130 Å². The highest BCUT2D eigenvalue weighted by Crippen LogP contribution is 2.34. The van der Waals surface area contributed by atoms with E-state index in [4.69, 9.17) is 4.98 Å². The number of nitrogens with zero attached hydrogens (tertiary/aromatic N) is 2. The van der Waals surface area contributed by atoms with E-state index in [1.54, 1.807) is 0 Å². The summed E-state index contributed by atoms with van der Waals surface area (Å²) in [6, 6.07) is 3.03. The van der Waals surface area contributed by atoms with Gasteiger partial charge in [0, 0.05) is 29.1 Å². The van der Waals surface area contributed by atoms with Gasteiger partial charge in [-0.2, -0.15) is 5.10 Å². The van der Waals surface area contributed by atoms with Gasteiger partial charge in [0.15, 0.2) is 0 Å². The number of thiazole rings is 1. The van der Waals surface area contributed by atoms with Gasteiger partial charge in [0.05, 0.1) is 16.4 Å². The number of aromatic nitrogens is 3. The van der Waals surface area contributed by atoms with Gasteiger partial charge >= 0.3 is 0 Å². The van der Waals surface area contributed by atoms with Crippen molar-refractivity contribution in [2.45, 2.75) is 65.0 Å². The van der Waals surface area contributed by atoms with E-state index in [2.05, 4.69) is 35.4 Å². The number of hydrogen-bond acceptors (Lipinski definition) is 4. The monoisotopic (exact) mass is 304 g/mol. The third kappa shape index (κ3) is 3.35. The smallest absolute Gasteiger partial charge is 0.0928 e. The molecular formula is C16H24N4S. The summed E-state index contributed by atoms with van der Waals surface area (Å²) in [5.41, 5.74) is 3.61. The summed E-state index contributed by atoms with van der Waals surface area (Å²) in [5.74, 6) is 0. The first-order valence-corrected chi connectivity index (χ1v) is 8.72. The van der Waals surface area contributed by atoms with Crippen molar-refractivity contribution in [2.75, 3.05) is 0 Å². The molecule has 4 nitrogen and oxygen atoms in total. The molecule has 0 fully saturated rings. The minimum absolute atomic E-state index is 0.427. The van der Waals surface area contributed by atoms with E-state index in [9.17, 15) is 0 Å². The summed E-state index contributed by atoms with van der Waals surface area (Å²) in [6.07, 6.45) is 5.63. The fourth-order valence-corrected chi connectivity index (χ4v) is 4.22. The van der Waals surface area contributed by atoms with Gasteiger partial charge < -0.3 is 5.32 Å². The van der Waals surface area contributed by atoms with Crippen molar-refractivity contribution in [3.05, 3.63) is 33.0 Å². The highest BCUT2D eigenvalue weighted by molar-refractivity contribution is 7.11. The molecule has 2 aromatic rings. The summed E-state index contributed by atoms with van der Waals surface area (Å²) in [7, 11) is 0. The molecule has 3 rings (SSSR count). The Kier molecular flexibility index (Phi) is 4.40. The summed E-state index contributed by atoms with van der Waals surface area (Å²) in [5, 5.41) is 12.4. The lowest BCUT2D eigenvalue weighted by Gasteiger charge is -2.26. The van der Waals surface area contributed by atoms with E-state index in [0.717, 1.165) is 30.7 Å². The van der Waals surface area contributed by atoms with Crippen LogP contribution in [0, 0.1) is 6.92 Å². The average Bonchev–Trinajstić information content (AvgIpc) is 3.05. The maximum Gasteiger partial charge on any atom is 0.0928 e. The molecule has 21 heavy (non-hydrogen) atoms. The van der Waals surface area contributed by atoms with E-state index in [0.29, 0.717) is 12.1 Å². The Morgan fingerprint density at radius 2 is 2.38 bits per heavy atom. The van der Waals surface area contributed by atoms with Crippen LogP contribution in [0.15, 0.2) is 6.07 Å². The maximum absolute atomic E-state index is 4.78. The van der Waals surface area contributed by atoms with Crippen LogP contribution in [0.5, 0.6) is 0 Å². The third-order valence-electron chi connectivity index (χ3n) is 4.06. The number of nitrogens with one attached hydrogen (secondary N) is 2. The number of aromatic amines is 1.